The number of nitrogens with zero attached hydrogens (tertiary/aromatic N) is 3. The Kier molecular flexibility index (Phi) is 3.66. The number of morpholine rings is 1. The molecule has 3 saturated heterocycles. The number of nitrogens with two attached hydrogens (primary N) is 1. The molecule has 0 radical (unpaired) electrons. The van der Waals surface area contributed by atoms with Crippen LogP contribution in [0.4, 0.5) is 0 Å². The molecule has 7 nitrogen and oxygen atoms in total. The second kappa shape index (κ2) is 5.64. The third-order valence-corrected chi connectivity index (χ3v) is 4.78. The van der Waals surface area contributed by atoms with Crippen molar-refractivity contribution in [2.75, 3.05) is 26.2 Å². The van der Waals surface area contributed by atoms with Gasteiger partial charge in [-0.25, -0.2) is 0 Å². The van der Waals surface area contributed by atoms with Gasteiger partial charge in [0.2, 0.25) is 5.82 Å². The van der Waals surface area contributed by atoms with E-state index in [0.717, 1.165) is 32.5 Å². The zero-order valence-electron chi connectivity index (χ0n) is 12.1. The summed E-state index contributed by atoms with van der Waals surface area (Å²) in [7, 11) is 0. The van der Waals surface area contributed by atoms with Crippen LogP contribution in [0.15, 0.2) is 4.52 Å². The van der Waals surface area contributed by atoms with Crippen molar-refractivity contribution in [3.05, 3.63) is 11.7 Å². The third-order valence-electron chi connectivity index (χ3n) is 4.78. The zero-order valence-corrected chi connectivity index (χ0v) is 12.1. The molecule has 3 aliphatic rings. The van der Waals surface area contributed by atoms with Gasteiger partial charge >= 0.3 is 0 Å². The van der Waals surface area contributed by atoms with Crippen molar-refractivity contribution in [3.8, 4) is 0 Å². The summed E-state index contributed by atoms with van der Waals surface area (Å²) < 4.78 is 17.1. The van der Waals surface area contributed by atoms with Crippen molar-refractivity contribution < 1.29 is 14.0 Å². The highest BCUT2D eigenvalue weighted by Gasteiger charge is 2.36. The van der Waals surface area contributed by atoms with E-state index in [0.29, 0.717) is 24.3 Å². The average Bonchev–Trinajstić information content (AvgIpc) is 3.24. The van der Waals surface area contributed by atoms with Crippen molar-refractivity contribution in [2.24, 2.45) is 5.73 Å². The summed E-state index contributed by atoms with van der Waals surface area (Å²) in [6, 6.07) is 0.580. The first-order chi connectivity index (χ1) is 10.3. The van der Waals surface area contributed by atoms with Crippen molar-refractivity contribution in [2.45, 2.75) is 50.0 Å². The molecule has 116 valence electrons. The zero-order chi connectivity index (χ0) is 14.2. The Bertz CT molecular complexity index is 494. The predicted octanol–water partition coefficient (Wildman–Crippen LogP) is 0.784. The van der Waals surface area contributed by atoms with E-state index in [1.165, 1.54) is 12.8 Å². The maximum Gasteiger partial charge on any atom is 0.255 e. The molecule has 7 heteroatoms. The van der Waals surface area contributed by atoms with Gasteiger partial charge in [0.1, 0.15) is 12.2 Å². The largest absolute Gasteiger partial charge is 0.367 e. The molecule has 2 N–H and O–H groups in total. The minimum absolute atomic E-state index is 0.0800. The number of hydrogen-bond acceptors (Lipinski definition) is 7. The molecule has 3 fully saturated rings. The number of ether oxygens (including phenoxy) is 2. The van der Waals surface area contributed by atoms with Gasteiger partial charge in [0, 0.05) is 19.1 Å². The SMILES string of the molecule is NCC1CCC(c2nc(C3CN4CCCC4CO3)no2)O1. The summed E-state index contributed by atoms with van der Waals surface area (Å²) in [6.45, 7) is 3.32. The Morgan fingerprint density at radius 1 is 1.24 bits per heavy atom. The number of aromatic nitrogens is 2. The van der Waals surface area contributed by atoms with Crippen molar-refractivity contribution in [1.29, 1.82) is 0 Å². The molecular formula is C14H22N4O3. The summed E-state index contributed by atoms with van der Waals surface area (Å²) in [5.41, 5.74) is 5.63. The van der Waals surface area contributed by atoms with E-state index in [9.17, 15) is 0 Å². The Morgan fingerprint density at radius 2 is 2.19 bits per heavy atom. The monoisotopic (exact) mass is 294 g/mol. The number of fused-ring (bicyclic) bond motifs is 1. The first-order valence-electron chi connectivity index (χ1n) is 7.88. The molecule has 3 aliphatic heterocycles. The van der Waals surface area contributed by atoms with Gasteiger partial charge in [0.25, 0.3) is 5.89 Å². The van der Waals surface area contributed by atoms with Crippen molar-refractivity contribution in [3.63, 3.8) is 0 Å². The smallest absolute Gasteiger partial charge is 0.255 e. The van der Waals surface area contributed by atoms with Crippen LogP contribution >= 0.6 is 0 Å². The molecule has 1 aromatic heterocycles. The van der Waals surface area contributed by atoms with Gasteiger partial charge in [-0.1, -0.05) is 5.16 Å². The fourth-order valence-electron chi connectivity index (χ4n) is 3.54. The maximum atomic E-state index is 5.91. The highest BCUT2D eigenvalue weighted by Crippen LogP contribution is 2.33. The Hall–Kier alpha value is -1.02. The van der Waals surface area contributed by atoms with E-state index in [1.54, 1.807) is 0 Å². The Labute approximate surface area is 123 Å². The van der Waals surface area contributed by atoms with Gasteiger partial charge in [-0.3, -0.25) is 4.90 Å². The van der Waals surface area contributed by atoms with Crippen LogP contribution in [-0.4, -0.2) is 53.4 Å². The van der Waals surface area contributed by atoms with Gasteiger partial charge in [-0.2, -0.15) is 4.98 Å². The summed E-state index contributed by atoms with van der Waals surface area (Å²) in [5, 5.41) is 4.10. The molecule has 1 aromatic rings. The average molecular weight is 294 g/mol. The number of rotatable bonds is 3. The molecule has 0 aliphatic carbocycles. The normalized spacial score (nSPS) is 37.0. The molecule has 0 saturated carbocycles. The lowest BCUT2D eigenvalue weighted by molar-refractivity contribution is -0.0548. The summed E-state index contributed by atoms with van der Waals surface area (Å²) >= 11 is 0. The fraction of sp³-hybridized carbons (Fsp3) is 0.857. The van der Waals surface area contributed by atoms with Gasteiger partial charge in [-0.05, 0) is 32.2 Å². The first-order valence-corrected chi connectivity index (χ1v) is 7.88. The van der Waals surface area contributed by atoms with E-state index >= 15 is 0 Å². The van der Waals surface area contributed by atoms with Crippen LogP contribution in [0.1, 0.15) is 49.6 Å². The molecule has 4 unspecified atom stereocenters. The van der Waals surface area contributed by atoms with Crippen LogP contribution in [0.5, 0.6) is 0 Å². The van der Waals surface area contributed by atoms with Gasteiger partial charge in [0.05, 0.1) is 12.7 Å². The highest BCUT2D eigenvalue weighted by molar-refractivity contribution is 4.99. The van der Waals surface area contributed by atoms with Crippen molar-refractivity contribution >= 4 is 0 Å². The molecule has 0 amide bonds. The van der Waals surface area contributed by atoms with E-state index in [2.05, 4.69) is 15.0 Å². The van der Waals surface area contributed by atoms with Crippen LogP contribution in [-0.2, 0) is 9.47 Å². The van der Waals surface area contributed by atoms with E-state index in [-0.39, 0.29) is 18.3 Å². The summed E-state index contributed by atoms with van der Waals surface area (Å²) in [5.74, 6) is 1.21. The quantitative estimate of drug-likeness (QED) is 0.881. The van der Waals surface area contributed by atoms with Gasteiger partial charge in [-0.15, -0.1) is 0 Å². The third kappa shape index (κ3) is 2.59. The standard InChI is InChI=1S/C14H22N4O3/c15-6-10-3-4-11(20-10)14-16-13(17-21-14)12-7-18-5-1-2-9(18)8-19-12/h9-12H,1-8,15H2. The Morgan fingerprint density at radius 3 is 3.05 bits per heavy atom. The molecular weight excluding hydrogens is 272 g/mol. The topological polar surface area (TPSA) is 86.6 Å². The number of hydrogen-bond donors (Lipinski definition) is 1. The summed E-state index contributed by atoms with van der Waals surface area (Å²) in [4.78, 5) is 6.98. The van der Waals surface area contributed by atoms with Crippen LogP contribution in [0, 0.1) is 0 Å². The van der Waals surface area contributed by atoms with Gasteiger partial charge < -0.3 is 19.7 Å². The predicted molar refractivity (Wildman–Crippen MR) is 73.5 cm³/mol. The van der Waals surface area contributed by atoms with Crippen LogP contribution in [0.3, 0.4) is 0 Å². The van der Waals surface area contributed by atoms with E-state index in [4.69, 9.17) is 19.7 Å². The van der Waals surface area contributed by atoms with Crippen LogP contribution < -0.4 is 5.73 Å². The van der Waals surface area contributed by atoms with Crippen molar-refractivity contribution in [1.82, 2.24) is 15.0 Å². The molecule has 0 aromatic carbocycles. The highest BCUT2D eigenvalue weighted by atomic mass is 16.5. The lowest BCUT2D eigenvalue weighted by Gasteiger charge is -2.33. The Balaban J connectivity index is 1.42. The minimum Gasteiger partial charge on any atom is -0.367 e. The second-order valence-corrected chi connectivity index (χ2v) is 6.16. The molecule has 0 bridgehead atoms. The summed E-state index contributed by atoms with van der Waals surface area (Å²) in [6.07, 6.45) is 4.26. The lowest BCUT2D eigenvalue weighted by Crippen LogP contribution is -2.42. The molecule has 21 heavy (non-hydrogen) atoms. The second-order valence-electron chi connectivity index (χ2n) is 6.16. The van der Waals surface area contributed by atoms with E-state index in [1.807, 2.05) is 0 Å². The lowest BCUT2D eigenvalue weighted by atomic mass is 10.2. The van der Waals surface area contributed by atoms with Crippen LogP contribution in [0.25, 0.3) is 0 Å². The van der Waals surface area contributed by atoms with E-state index < -0.39 is 0 Å². The van der Waals surface area contributed by atoms with Crippen LogP contribution in [0.2, 0.25) is 0 Å². The minimum atomic E-state index is -0.108. The molecule has 4 heterocycles. The maximum absolute atomic E-state index is 5.91. The van der Waals surface area contributed by atoms with Gasteiger partial charge in [0.15, 0.2) is 0 Å². The molecule has 4 rings (SSSR count). The fourth-order valence-corrected chi connectivity index (χ4v) is 3.54. The first kappa shape index (κ1) is 13.6. The molecule has 4 atom stereocenters. The molecule has 0 spiro atoms.